The predicted octanol–water partition coefficient (Wildman–Crippen LogP) is 2.76. The fraction of sp³-hybridized carbons (Fsp3) is 0.267. The number of thiophene rings is 1. The normalized spacial score (nSPS) is 13.3. The Bertz CT molecular complexity index is 756. The molecule has 5 nitrogen and oxygen atoms in total. The number of pyridine rings is 1. The minimum atomic E-state index is -0.434. The molecule has 3 rings (SSSR count). The first-order valence-corrected chi connectivity index (χ1v) is 8.27. The summed E-state index contributed by atoms with van der Waals surface area (Å²) in [5, 5.41) is 0. The number of hydrogen-bond acceptors (Lipinski definition) is 4. The molecule has 0 saturated carbocycles. The molecular formula is C15H15N3O2S2. The van der Waals surface area contributed by atoms with E-state index in [-0.39, 0.29) is 5.91 Å². The number of aromatic amines is 1. The number of fused-ring (bicyclic) bond motifs is 1. The van der Waals surface area contributed by atoms with Gasteiger partial charge in [0.1, 0.15) is 4.64 Å². The molecule has 0 unspecified atom stereocenters. The Morgan fingerprint density at radius 1 is 1.18 bits per heavy atom. The van der Waals surface area contributed by atoms with Gasteiger partial charge in [0.25, 0.3) is 11.8 Å². The number of hydrogen-bond donors (Lipinski definition) is 3. The van der Waals surface area contributed by atoms with Gasteiger partial charge >= 0.3 is 0 Å². The summed E-state index contributed by atoms with van der Waals surface area (Å²) in [6, 6.07) is 5.21. The molecule has 0 bridgehead atoms. The minimum Gasteiger partial charge on any atom is -0.352 e. The second-order valence-corrected chi connectivity index (χ2v) is 6.63. The maximum Gasteiger partial charge on any atom is 0.279 e. The molecular weight excluding hydrogens is 318 g/mol. The van der Waals surface area contributed by atoms with Crippen LogP contribution in [0.25, 0.3) is 0 Å². The van der Waals surface area contributed by atoms with E-state index in [1.54, 1.807) is 18.3 Å². The molecule has 1 aliphatic carbocycles. The Hall–Kier alpha value is -1.99. The predicted molar refractivity (Wildman–Crippen MR) is 87.5 cm³/mol. The van der Waals surface area contributed by atoms with Gasteiger partial charge in [-0.3, -0.25) is 20.4 Å². The molecule has 0 fully saturated rings. The number of carbonyl (C=O) groups excluding carboxylic acids is 2. The van der Waals surface area contributed by atoms with Crippen molar-refractivity contribution in [2.45, 2.75) is 25.7 Å². The largest absolute Gasteiger partial charge is 0.352 e. The van der Waals surface area contributed by atoms with Gasteiger partial charge in [-0.25, -0.2) is 0 Å². The summed E-state index contributed by atoms with van der Waals surface area (Å²) in [5.41, 5.74) is 6.43. The van der Waals surface area contributed by atoms with Gasteiger partial charge in [0.05, 0.1) is 10.4 Å². The number of hydrazine groups is 1. The average Bonchev–Trinajstić information content (AvgIpc) is 2.97. The Kier molecular flexibility index (Phi) is 4.35. The van der Waals surface area contributed by atoms with Crippen LogP contribution in [0.15, 0.2) is 24.4 Å². The van der Waals surface area contributed by atoms with E-state index in [1.165, 1.54) is 34.6 Å². The first kappa shape index (κ1) is 14.9. The average molecular weight is 333 g/mol. The summed E-state index contributed by atoms with van der Waals surface area (Å²) in [4.78, 5) is 28.8. The molecule has 3 N–H and O–H groups in total. The van der Waals surface area contributed by atoms with Crippen molar-refractivity contribution >= 4 is 35.4 Å². The van der Waals surface area contributed by atoms with Gasteiger partial charge in [0.2, 0.25) is 0 Å². The van der Waals surface area contributed by atoms with Crippen LogP contribution in [-0.2, 0) is 12.8 Å². The number of rotatable bonds is 2. The lowest BCUT2D eigenvalue weighted by Gasteiger charge is -2.08. The molecule has 0 aliphatic heterocycles. The molecule has 1 aliphatic rings. The quantitative estimate of drug-likeness (QED) is 0.584. The maximum atomic E-state index is 12.1. The van der Waals surface area contributed by atoms with Crippen molar-refractivity contribution in [3.8, 4) is 0 Å². The number of aryl methyl sites for hydroxylation is 2. The number of aromatic nitrogens is 1. The van der Waals surface area contributed by atoms with Gasteiger partial charge in [0.15, 0.2) is 0 Å². The molecule has 114 valence electrons. The third-order valence-electron chi connectivity index (χ3n) is 3.57. The van der Waals surface area contributed by atoms with Crippen molar-refractivity contribution in [2.75, 3.05) is 0 Å². The van der Waals surface area contributed by atoms with Crippen LogP contribution < -0.4 is 10.9 Å². The third-order valence-corrected chi connectivity index (χ3v) is 5.15. The van der Waals surface area contributed by atoms with E-state index >= 15 is 0 Å². The molecule has 2 heterocycles. The highest BCUT2D eigenvalue weighted by Gasteiger charge is 2.17. The summed E-state index contributed by atoms with van der Waals surface area (Å²) in [6.45, 7) is 0. The van der Waals surface area contributed by atoms with E-state index in [4.69, 9.17) is 12.2 Å². The van der Waals surface area contributed by atoms with Crippen molar-refractivity contribution in [1.29, 1.82) is 0 Å². The summed E-state index contributed by atoms with van der Waals surface area (Å²) in [7, 11) is 0. The number of nitrogens with one attached hydrogen (secondary N) is 3. The monoisotopic (exact) mass is 333 g/mol. The Morgan fingerprint density at radius 2 is 1.95 bits per heavy atom. The highest BCUT2D eigenvalue weighted by molar-refractivity contribution is 7.71. The highest BCUT2D eigenvalue weighted by atomic mass is 32.1. The molecule has 2 aromatic rings. The van der Waals surface area contributed by atoms with Crippen LogP contribution in [0.2, 0.25) is 0 Å². The molecule has 0 atom stereocenters. The van der Waals surface area contributed by atoms with E-state index in [0.29, 0.717) is 15.1 Å². The summed E-state index contributed by atoms with van der Waals surface area (Å²) in [5.74, 6) is -0.727. The van der Waals surface area contributed by atoms with Crippen molar-refractivity contribution in [2.24, 2.45) is 0 Å². The molecule has 0 saturated heterocycles. The SMILES string of the molecule is O=C(NNC(=O)c1ccc[nH]c1=S)c1cc2c(s1)CCCC2. The van der Waals surface area contributed by atoms with E-state index in [2.05, 4.69) is 15.8 Å². The van der Waals surface area contributed by atoms with Gasteiger partial charge < -0.3 is 4.98 Å². The van der Waals surface area contributed by atoms with E-state index in [0.717, 1.165) is 12.8 Å². The topological polar surface area (TPSA) is 74.0 Å². The van der Waals surface area contributed by atoms with Crippen LogP contribution in [0, 0.1) is 4.64 Å². The van der Waals surface area contributed by atoms with Gasteiger partial charge in [-0.15, -0.1) is 11.3 Å². The van der Waals surface area contributed by atoms with Crippen LogP contribution in [-0.4, -0.2) is 16.8 Å². The molecule has 22 heavy (non-hydrogen) atoms. The number of carbonyl (C=O) groups is 2. The third kappa shape index (κ3) is 3.10. The molecule has 0 aromatic carbocycles. The van der Waals surface area contributed by atoms with Gasteiger partial charge in [-0.2, -0.15) is 0 Å². The second kappa shape index (κ2) is 6.41. The molecule has 0 radical (unpaired) electrons. The van der Waals surface area contributed by atoms with Crippen LogP contribution in [0.4, 0.5) is 0 Å². The Balaban J connectivity index is 1.65. The Labute approximate surface area is 136 Å². The minimum absolute atomic E-state index is 0.293. The van der Waals surface area contributed by atoms with Gasteiger partial charge in [0, 0.05) is 11.1 Å². The first-order valence-electron chi connectivity index (χ1n) is 7.05. The smallest absolute Gasteiger partial charge is 0.279 e. The van der Waals surface area contributed by atoms with Crippen molar-refractivity contribution in [3.63, 3.8) is 0 Å². The zero-order valence-corrected chi connectivity index (χ0v) is 13.4. The lowest BCUT2D eigenvalue weighted by molar-refractivity contribution is 0.0848. The zero-order valence-electron chi connectivity index (χ0n) is 11.8. The summed E-state index contributed by atoms with van der Waals surface area (Å²) in [6.07, 6.45) is 6.07. The fourth-order valence-corrected chi connectivity index (χ4v) is 3.82. The van der Waals surface area contributed by atoms with E-state index in [9.17, 15) is 9.59 Å². The van der Waals surface area contributed by atoms with Crippen LogP contribution in [0.1, 0.15) is 43.3 Å². The second-order valence-electron chi connectivity index (χ2n) is 5.09. The number of amides is 2. The molecule has 0 spiro atoms. The van der Waals surface area contributed by atoms with Crippen molar-refractivity contribution < 1.29 is 9.59 Å². The lowest BCUT2D eigenvalue weighted by Crippen LogP contribution is -2.41. The van der Waals surface area contributed by atoms with Crippen LogP contribution in [0.5, 0.6) is 0 Å². The summed E-state index contributed by atoms with van der Waals surface area (Å²) < 4.78 is 0.334. The molecule has 2 amide bonds. The van der Waals surface area contributed by atoms with E-state index in [1.807, 2.05) is 6.07 Å². The zero-order chi connectivity index (χ0) is 15.5. The van der Waals surface area contributed by atoms with Crippen LogP contribution in [0.3, 0.4) is 0 Å². The lowest BCUT2D eigenvalue weighted by atomic mass is 9.99. The van der Waals surface area contributed by atoms with Gasteiger partial charge in [-0.05, 0) is 49.4 Å². The highest BCUT2D eigenvalue weighted by Crippen LogP contribution is 2.29. The maximum absolute atomic E-state index is 12.1. The summed E-state index contributed by atoms with van der Waals surface area (Å²) >= 11 is 6.54. The van der Waals surface area contributed by atoms with Gasteiger partial charge in [-0.1, -0.05) is 12.2 Å². The first-order chi connectivity index (χ1) is 10.6. The van der Waals surface area contributed by atoms with Crippen molar-refractivity contribution in [3.05, 3.63) is 49.9 Å². The van der Waals surface area contributed by atoms with E-state index < -0.39 is 5.91 Å². The standard InChI is InChI=1S/C15H15N3O2S2/c19-13(10-5-3-7-16-15(10)21)17-18-14(20)12-8-9-4-1-2-6-11(9)22-12/h3,5,7-8H,1-2,4,6H2,(H,16,21)(H,17,19)(H,18,20). The number of H-pyrrole nitrogens is 1. The van der Waals surface area contributed by atoms with Crippen molar-refractivity contribution in [1.82, 2.24) is 15.8 Å². The molecule has 2 aromatic heterocycles. The van der Waals surface area contributed by atoms with Crippen LogP contribution >= 0.6 is 23.6 Å². The Morgan fingerprint density at radius 3 is 2.73 bits per heavy atom. The molecule has 7 heteroatoms. The fourth-order valence-electron chi connectivity index (χ4n) is 2.45.